The van der Waals surface area contributed by atoms with E-state index < -0.39 is 0 Å². The minimum absolute atomic E-state index is 0.220. The topological polar surface area (TPSA) is 47.8 Å². The lowest BCUT2D eigenvalue weighted by molar-refractivity contribution is -0.117. The first-order valence-corrected chi connectivity index (χ1v) is 3.74. The molecule has 1 aromatic heterocycles. The highest BCUT2D eigenvalue weighted by Crippen LogP contribution is 2.24. The molecule has 0 saturated heterocycles. The van der Waals surface area contributed by atoms with Crippen molar-refractivity contribution in [3.8, 4) is 0 Å². The fourth-order valence-electron chi connectivity index (χ4n) is 1.41. The first kappa shape index (κ1) is 6.52. The molecule has 1 aliphatic rings. The van der Waals surface area contributed by atoms with Gasteiger partial charge in [0.25, 0.3) is 0 Å². The van der Waals surface area contributed by atoms with Crippen LogP contribution in [-0.4, -0.2) is 20.8 Å². The SMILES string of the molecule is O=C1CCC(n2nccn2)C1. The zero-order chi connectivity index (χ0) is 7.68. The van der Waals surface area contributed by atoms with Crippen molar-refractivity contribution in [3.05, 3.63) is 12.4 Å². The fraction of sp³-hybridized carbons (Fsp3) is 0.571. The number of carbonyl (C=O) groups is 1. The smallest absolute Gasteiger partial charge is 0.135 e. The van der Waals surface area contributed by atoms with Gasteiger partial charge < -0.3 is 0 Å². The second-order valence-corrected chi connectivity index (χ2v) is 2.78. The summed E-state index contributed by atoms with van der Waals surface area (Å²) >= 11 is 0. The number of hydrogen-bond acceptors (Lipinski definition) is 3. The zero-order valence-electron chi connectivity index (χ0n) is 6.10. The third-order valence-corrected chi connectivity index (χ3v) is 1.98. The summed E-state index contributed by atoms with van der Waals surface area (Å²) in [5.41, 5.74) is 0. The van der Waals surface area contributed by atoms with Gasteiger partial charge in [0.05, 0.1) is 18.4 Å². The molecule has 1 atom stereocenters. The average molecular weight is 151 g/mol. The Balaban J connectivity index is 2.13. The van der Waals surface area contributed by atoms with Gasteiger partial charge in [-0.25, -0.2) is 0 Å². The summed E-state index contributed by atoms with van der Waals surface area (Å²) in [6.45, 7) is 0. The highest BCUT2D eigenvalue weighted by atomic mass is 16.1. The number of rotatable bonds is 1. The molecule has 1 saturated carbocycles. The van der Waals surface area contributed by atoms with Crippen LogP contribution in [0.5, 0.6) is 0 Å². The van der Waals surface area contributed by atoms with Gasteiger partial charge in [0, 0.05) is 12.8 Å². The van der Waals surface area contributed by atoms with Crippen molar-refractivity contribution >= 4 is 5.78 Å². The molecule has 0 N–H and O–H groups in total. The average Bonchev–Trinajstić information content (AvgIpc) is 2.55. The summed E-state index contributed by atoms with van der Waals surface area (Å²) in [6.07, 6.45) is 5.47. The third-order valence-electron chi connectivity index (χ3n) is 1.98. The summed E-state index contributed by atoms with van der Waals surface area (Å²) in [5, 5.41) is 7.97. The Morgan fingerprint density at radius 2 is 2.18 bits per heavy atom. The number of Topliss-reactive ketones (excluding diaryl/α,β-unsaturated/α-hetero) is 1. The van der Waals surface area contributed by atoms with E-state index in [1.807, 2.05) is 0 Å². The molecule has 11 heavy (non-hydrogen) atoms. The number of hydrogen-bond donors (Lipinski definition) is 0. The molecule has 0 spiro atoms. The van der Waals surface area contributed by atoms with E-state index in [1.165, 1.54) is 0 Å². The Labute approximate surface area is 64.2 Å². The van der Waals surface area contributed by atoms with Crippen LogP contribution in [0.1, 0.15) is 25.3 Å². The Kier molecular flexibility index (Phi) is 1.45. The Morgan fingerprint density at radius 3 is 2.73 bits per heavy atom. The Bertz CT molecular complexity index is 255. The lowest BCUT2D eigenvalue weighted by atomic mass is 10.3. The van der Waals surface area contributed by atoms with Crippen LogP contribution in [-0.2, 0) is 4.79 Å². The molecule has 0 amide bonds. The fourth-order valence-corrected chi connectivity index (χ4v) is 1.41. The Hall–Kier alpha value is -1.19. The van der Waals surface area contributed by atoms with Gasteiger partial charge in [0.2, 0.25) is 0 Å². The van der Waals surface area contributed by atoms with Gasteiger partial charge in [-0.05, 0) is 6.42 Å². The van der Waals surface area contributed by atoms with E-state index in [0.717, 1.165) is 6.42 Å². The third kappa shape index (κ3) is 1.15. The van der Waals surface area contributed by atoms with Gasteiger partial charge in [-0.2, -0.15) is 15.0 Å². The second kappa shape index (κ2) is 2.45. The molecule has 1 heterocycles. The number of ketones is 1. The highest BCUT2D eigenvalue weighted by Gasteiger charge is 2.24. The molecule has 2 rings (SSSR count). The van der Waals surface area contributed by atoms with Gasteiger partial charge in [-0.3, -0.25) is 4.79 Å². The van der Waals surface area contributed by atoms with Gasteiger partial charge in [0.1, 0.15) is 5.78 Å². The molecular weight excluding hydrogens is 142 g/mol. The highest BCUT2D eigenvalue weighted by molar-refractivity contribution is 5.80. The van der Waals surface area contributed by atoms with Crippen molar-refractivity contribution in [3.63, 3.8) is 0 Å². The minimum Gasteiger partial charge on any atom is -0.300 e. The van der Waals surface area contributed by atoms with Gasteiger partial charge in [0.15, 0.2) is 0 Å². The molecule has 4 heteroatoms. The molecule has 1 fully saturated rings. The summed E-state index contributed by atoms with van der Waals surface area (Å²) in [4.78, 5) is 12.5. The van der Waals surface area contributed by atoms with Crippen LogP contribution in [0.2, 0.25) is 0 Å². The van der Waals surface area contributed by atoms with Crippen molar-refractivity contribution in [2.75, 3.05) is 0 Å². The monoisotopic (exact) mass is 151 g/mol. The van der Waals surface area contributed by atoms with Gasteiger partial charge in [-0.1, -0.05) is 0 Å². The molecule has 0 bridgehead atoms. The van der Waals surface area contributed by atoms with Crippen LogP contribution in [0, 0.1) is 0 Å². The summed E-state index contributed by atoms with van der Waals surface area (Å²) in [5.74, 6) is 0.326. The van der Waals surface area contributed by atoms with Gasteiger partial charge >= 0.3 is 0 Å². The zero-order valence-corrected chi connectivity index (χ0v) is 6.10. The normalized spacial score (nSPS) is 24.4. The van der Waals surface area contributed by atoms with Crippen LogP contribution >= 0.6 is 0 Å². The standard InChI is InChI=1S/C7H9N3O/c11-7-2-1-6(5-7)10-8-3-4-9-10/h3-4,6H,1-2,5H2. The Morgan fingerprint density at radius 1 is 1.45 bits per heavy atom. The van der Waals surface area contributed by atoms with E-state index >= 15 is 0 Å². The molecule has 1 aliphatic carbocycles. The molecule has 1 unspecified atom stereocenters. The maximum atomic E-state index is 10.9. The lowest BCUT2D eigenvalue weighted by Crippen LogP contribution is -2.08. The lowest BCUT2D eigenvalue weighted by Gasteiger charge is -2.04. The van der Waals surface area contributed by atoms with Crippen molar-refractivity contribution in [1.82, 2.24) is 15.0 Å². The maximum Gasteiger partial charge on any atom is 0.135 e. The second-order valence-electron chi connectivity index (χ2n) is 2.78. The molecule has 0 radical (unpaired) electrons. The number of nitrogens with zero attached hydrogens (tertiary/aromatic N) is 3. The molecule has 0 aromatic carbocycles. The number of aromatic nitrogens is 3. The quantitative estimate of drug-likeness (QED) is 0.589. The predicted octanol–water partition coefficient (Wildman–Crippen LogP) is 0.572. The minimum atomic E-state index is 0.220. The molecule has 1 aromatic rings. The van der Waals surface area contributed by atoms with Crippen molar-refractivity contribution in [2.45, 2.75) is 25.3 Å². The molecule has 0 aliphatic heterocycles. The van der Waals surface area contributed by atoms with Gasteiger partial charge in [-0.15, -0.1) is 0 Å². The predicted molar refractivity (Wildman–Crippen MR) is 37.9 cm³/mol. The van der Waals surface area contributed by atoms with Crippen molar-refractivity contribution in [1.29, 1.82) is 0 Å². The van der Waals surface area contributed by atoms with E-state index in [0.29, 0.717) is 18.6 Å². The van der Waals surface area contributed by atoms with E-state index in [1.54, 1.807) is 17.2 Å². The molecule has 4 nitrogen and oxygen atoms in total. The summed E-state index contributed by atoms with van der Waals surface area (Å²) < 4.78 is 0. The molecule has 58 valence electrons. The largest absolute Gasteiger partial charge is 0.300 e. The first-order chi connectivity index (χ1) is 5.36. The van der Waals surface area contributed by atoms with E-state index in [2.05, 4.69) is 10.2 Å². The van der Waals surface area contributed by atoms with Crippen molar-refractivity contribution in [2.24, 2.45) is 0 Å². The molecular formula is C7H9N3O. The van der Waals surface area contributed by atoms with Crippen LogP contribution in [0.3, 0.4) is 0 Å². The summed E-state index contributed by atoms with van der Waals surface area (Å²) in [6, 6.07) is 0.220. The van der Waals surface area contributed by atoms with E-state index in [9.17, 15) is 4.79 Å². The number of carbonyl (C=O) groups excluding carboxylic acids is 1. The van der Waals surface area contributed by atoms with E-state index in [-0.39, 0.29) is 6.04 Å². The van der Waals surface area contributed by atoms with Crippen LogP contribution in [0.15, 0.2) is 12.4 Å². The van der Waals surface area contributed by atoms with Crippen LogP contribution in [0.4, 0.5) is 0 Å². The first-order valence-electron chi connectivity index (χ1n) is 3.74. The van der Waals surface area contributed by atoms with E-state index in [4.69, 9.17) is 0 Å². The van der Waals surface area contributed by atoms with Crippen LogP contribution in [0.25, 0.3) is 0 Å². The summed E-state index contributed by atoms with van der Waals surface area (Å²) in [7, 11) is 0. The van der Waals surface area contributed by atoms with Crippen molar-refractivity contribution < 1.29 is 4.79 Å². The maximum absolute atomic E-state index is 10.9. The van der Waals surface area contributed by atoms with Crippen LogP contribution < -0.4 is 0 Å².